The Balaban J connectivity index is 1.65. The summed E-state index contributed by atoms with van der Waals surface area (Å²) < 4.78 is 5.86. The molecule has 7 heteroatoms. The number of halogens is 1. The minimum Gasteiger partial charge on any atom is -0.457 e. The van der Waals surface area contributed by atoms with E-state index in [2.05, 4.69) is 10.2 Å². The van der Waals surface area contributed by atoms with E-state index in [-0.39, 0.29) is 6.03 Å². The number of unbranched alkanes of at least 4 members (excludes halogenated alkanes) is 1. The molecular weight excluding hydrogens is 364 g/mol. The molecule has 1 atom stereocenters. The van der Waals surface area contributed by atoms with Crippen molar-refractivity contribution in [2.45, 2.75) is 19.0 Å². The number of nitrogens with two attached hydrogens (primary N) is 1. The molecule has 1 aliphatic heterocycles. The summed E-state index contributed by atoms with van der Waals surface area (Å²) >= 11 is 5.92. The van der Waals surface area contributed by atoms with E-state index in [0.717, 1.165) is 30.7 Å². The van der Waals surface area contributed by atoms with E-state index in [4.69, 9.17) is 21.8 Å². The number of carbonyl (C=O) groups is 1. The lowest BCUT2D eigenvalue weighted by molar-refractivity contribution is 0.203. The summed E-state index contributed by atoms with van der Waals surface area (Å²) in [6.07, 6.45) is 3.22. The summed E-state index contributed by atoms with van der Waals surface area (Å²) in [7, 11) is 4.08. The first-order chi connectivity index (χ1) is 12.9. The van der Waals surface area contributed by atoms with Crippen molar-refractivity contribution in [2.24, 2.45) is 5.73 Å². The molecule has 27 heavy (non-hydrogen) atoms. The van der Waals surface area contributed by atoms with Gasteiger partial charge >= 0.3 is 6.03 Å². The molecule has 1 aromatic carbocycles. The van der Waals surface area contributed by atoms with Crippen LogP contribution < -0.4 is 11.1 Å². The Kier molecular flexibility index (Phi) is 6.21. The van der Waals surface area contributed by atoms with Gasteiger partial charge in [-0.1, -0.05) is 11.6 Å². The van der Waals surface area contributed by atoms with Gasteiger partial charge in [0.05, 0.1) is 5.70 Å². The standard InChI is InChI=1S/C20H25ClN4O2/c1-24(2)11-3-4-12-25-19(22)17(23-20(25)26)13-16-9-10-18(27-16)14-5-7-15(21)8-6-14/h5-10,13,19H,3-4,11-12,22H2,1-2H3,(H,23,26). The molecule has 3 rings (SSSR count). The van der Waals surface area contributed by atoms with Crippen LogP contribution in [0.25, 0.3) is 17.4 Å². The van der Waals surface area contributed by atoms with Gasteiger partial charge in [0.1, 0.15) is 17.7 Å². The van der Waals surface area contributed by atoms with Gasteiger partial charge in [-0.05, 0) is 69.9 Å². The molecule has 0 bridgehead atoms. The third-order valence-corrected chi connectivity index (χ3v) is 4.73. The maximum absolute atomic E-state index is 12.2. The molecule has 1 saturated heterocycles. The number of hydrogen-bond donors (Lipinski definition) is 2. The second kappa shape index (κ2) is 8.61. The van der Waals surface area contributed by atoms with Gasteiger partial charge in [-0.25, -0.2) is 4.79 Å². The van der Waals surface area contributed by atoms with Crippen molar-refractivity contribution >= 4 is 23.7 Å². The average Bonchev–Trinajstić information content (AvgIpc) is 3.19. The number of urea groups is 1. The number of benzene rings is 1. The maximum atomic E-state index is 12.2. The summed E-state index contributed by atoms with van der Waals surface area (Å²) in [6.45, 7) is 1.62. The second-order valence-corrected chi connectivity index (χ2v) is 7.32. The molecule has 1 aliphatic rings. The van der Waals surface area contributed by atoms with E-state index in [0.29, 0.717) is 23.0 Å². The Hall–Kier alpha value is -2.28. The zero-order valence-corrected chi connectivity index (χ0v) is 16.4. The quantitative estimate of drug-likeness (QED) is 0.711. The van der Waals surface area contributed by atoms with Crippen LogP contribution in [0, 0.1) is 0 Å². The lowest BCUT2D eigenvalue weighted by Crippen LogP contribution is -2.40. The van der Waals surface area contributed by atoms with Gasteiger partial charge < -0.3 is 25.3 Å². The third-order valence-electron chi connectivity index (χ3n) is 4.47. The predicted octanol–water partition coefficient (Wildman–Crippen LogP) is 3.59. The van der Waals surface area contributed by atoms with Gasteiger partial charge in [0.2, 0.25) is 0 Å². The first kappa shape index (κ1) is 19.5. The van der Waals surface area contributed by atoms with Gasteiger partial charge in [-0.3, -0.25) is 0 Å². The number of amides is 2. The smallest absolute Gasteiger partial charge is 0.323 e. The Morgan fingerprint density at radius 1 is 1.22 bits per heavy atom. The van der Waals surface area contributed by atoms with Crippen LogP contribution in [0.2, 0.25) is 5.02 Å². The molecule has 0 spiro atoms. The van der Waals surface area contributed by atoms with Gasteiger partial charge in [0.15, 0.2) is 0 Å². The number of rotatable bonds is 7. The van der Waals surface area contributed by atoms with Crippen LogP contribution in [0.15, 0.2) is 46.5 Å². The summed E-state index contributed by atoms with van der Waals surface area (Å²) in [5.41, 5.74) is 7.83. The largest absolute Gasteiger partial charge is 0.457 e. The van der Waals surface area contributed by atoms with Crippen LogP contribution in [0.3, 0.4) is 0 Å². The highest BCUT2D eigenvalue weighted by molar-refractivity contribution is 6.30. The van der Waals surface area contributed by atoms with E-state index >= 15 is 0 Å². The molecule has 6 nitrogen and oxygen atoms in total. The van der Waals surface area contributed by atoms with Crippen LogP contribution in [-0.4, -0.2) is 49.2 Å². The lowest BCUT2D eigenvalue weighted by Gasteiger charge is -2.20. The fraction of sp³-hybridized carbons (Fsp3) is 0.350. The van der Waals surface area contributed by atoms with E-state index in [1.54, 1.807) is 11.0 Å². The minimum atomic E-state index is -0.485. The van der Waals surface area contributed by atoms with Crippen molar-refractivity contribution in [3.8, 4) is 11.3 Å². The Morgan fingerprint density at radius 2 is 1.96 bits per heavy atom. The first-order valence-corrected chi connectivity index (χ1v) is 9.37. The van der Waals surface area contributed by atoms with Gasteiger partial charge in [0, 0.05) is 23.2 Å². The molecule has 0 aliphatic carbocycles. The Morgan fingerprint density at radius 3 is 2.67 bits per heavy atom. The Labute approximate surface area is 164 Å². The highest BCUT2D eigenvalue weighted by Crippen LogP contribution is 2.25. The van der Waals surface area contributed by atoms with E-state index in [9.17, 15) is 4.79 Å². The molecule has 1 fully saturated rings. The number of nitrogens with one attached hydrogen (secondary N) is 1. The molecule has 2 aromatic rings. The van der Waals surface area contributed by atoms with Gasteiger partial charge in [0.25, 0.3) is 0 Å². The van der Waals surface area contributed by atoms with E-state index in [1.165, 1.54) is 0 Å². The van der Waals surface area contributed by atoms with Crippen LogP contribution in [0.5, 0.6) is 0 Å². The Bertz CT molecular complexity index is 814. The first-order valence-electron chi connectivity index (χ1n) is 8.99. The van der Waals surface area contributed by atoms with Crippen molar-refractivity contribution in [2.75, 3.05) is 27.2 Å². The van der Waals surface area contributed by atoms with Gasteiger partial charge in [-0.2, -0.15) is 0 Å². The molecule has 144 valence electrons. The summed E-state index contributed by atoms with van der Waals surface area (Å²) in [5.74, 6) is 1.37. The average molecular weight is 389 g/mol. The van der Waals surface area contributed by atoms with E-state index in [1.807, 2.05) is 50.5 Å². The summed E-state index contributed by atoms with van der Waals surface area (Å²) in [6, 6.07) is 11.0. The van der Waals surface area contributed by atoms with Crippen molar-refractivity contribution in [1.82, 2.24) is 15.1 Å². The second-order valence-electron chi connectivity index (χ2n) is 6.89. The lowest BCUT2D eigenvalue weighted by atomic mass is 10.2. The molecule has 2 heterocycles. The fourth-order valence-corrected chi connectivity index (χ4v) is 3.11. The van der Waals surface area contributed by atoms with Crippen molar-refractivity contribution in [1.29, 1.82) is 0 Å². The number of furan rings is 1. The predicted molar refractivity (Wildman–Crippen MR) is 108 cm³/mol. The van der Waals surface area contributed by atoms with Gasteiger partial charge in [-0.15, -0.1) is 0 Å². The maximum Gasteiger partial charge on any atom is 0.323 e. The summed E-state index contributed by atoms with van der Waals surface area (Å²) in [5, 5.41) is 3.52. The van der Waals surface area contributed by atoms with E-state index < -0.39 is 6.17 Å². The van der Waals surface area contributed by atoms with Crippen LogP contribution in [0.4, 0.5) is 4.79 Å². The highest BCUT2D eigenvalue weighted by atomic mass is 35.5. The van der Waals surface area contributed by atoms with Crippen molar-refractivity contribution < 1.29 is 9.21 Å². The van der Waals surface area contributed by atoms with Crippen LogP contribution in [-0.2, 0) is 0 Å². The molecule has 3 N–H and O–H groups in total. The topological polar surface area (TPSA) is 74.7 Å². The molecule has 1 unspecified atom stereocenters. The number of hydrogen-bond acceptors (Lipinski definition) is 4. The zero-order valence-electron chi connectivity index (χ0n) is 15.6. The highest BCUT2D eigenvalue weighted by Gasteiger charge is 2.32. The molecule has 0 radical (unpaired) electrons. The normalized spacial score (nSPS) is 18.6. The fourth-order valence-electron chi connectivity index (χ4n) is 2.99. The monoisotopic (exact) mass is 388 g/mol. The summed E-state index contributed by atoms with van der Waals surface area (Å²) in [4.78, 5) is 16.0. The number of nitrogens with zero attached hydrogens (tertiary/aromatic N) is 2. The molecular formula is C20H25ClN4O2. The molecule has 0 saturated carbocycles. The molecule has 2 amide bonds. The molecule has 1 aromatic heterocycles. The minimum absolute atomic E-state index is 0.164. The van der Waals surface area contributed by atoms with Crippen LogP contribution in [0.1, 0.15) is 18.6 Å². The zero-order chi connectivity index (χ0) is 19.4. The number of carbonyl (C=O) groups excluding carboxylic acids is 1. The van der Waals surface area contributed by atoms with Crippen LogP contribution >= 0.6 is 11.6 Å². The third kappa shape index (κ3) is 4.91. The SMILES string of the molecule is CN(C)CCCCN1C(=O)NC(=Cc2ccc(-c3ccc(Cl)cc3)o2)C1N. The van der Waals surface area contributed by atoms with Crippen molar-refractivity contribution in [3.63, 3.8) is 0 Å². The van der Waals surface area contributed by atoms with Crippen molar-refractivity contribution in [3.05, 3.63) is 52.9 Å².